The quantitative estimate of drug-likeness (QED) is 0.778. The third-order valence-corrected chi connectivity index (χ3v) is 4.95. The largest absolute Gasteiger partial charge is 0.253 e. The average molecular weight is 320 g/mol. The molecule has 0 unspecified atom stereocenters. The lowest BCUT2D eigenvalue weighted by Gasteiger charge is -2.02. The molecule has 0 saturated heterocycles. The van der Waals surface area contributed by atoms with Crippen LogP contribution in [0.15, 0.2) is 59.3 Å². The number of aromatic nitrogens is 3. The van der Waals surface area contributed by atoms with Crippen LogP contribution in [-0.2, 0) is 16.6 Å². The van der Waals surface area contributed by atoms with Crippen LogP contribution in [0.3, 0.4) is 0 Å². The normalized spacial score (nSPS) is 11.6. The van der Waals surface area contributed by atoms with Gasteiger partial charge in [0.2, 0.25) is 10.0 Å². The first-order valence-electron chi connectivity index (χ1n) is 6.12. The van der Waals surface area contributed by atoms with Crippen LogP contribution in [0.25, 0.3) is 5.69 Å². The van der Waals surface area contributed by atoms with Gasteiger partial charge in [0.15, 0.2) is 0 Å². The van der Waals surface area contributed by atoms with E-state index in [9.17, 15) is 8.42 Å². The van der Waals surface area contributed by atoms with Crippen LogP contribution in [0.2, 0.25) is 0 Å². The molecule has 1 aromatic carbocycles. The molecule has 1 N–H and O–H groups in total. The van der Waals surface area contributed by atoms with Gasteiger partial charge in [0, 0.05) is 17.6 Å². The Labute approximate surface area is 126 Å². The second kappa shape index (κ2) is 5.76. The van der Waals surface area contributed by atoms with Gasteiger partial charge in [-0.3, -0.25) is 4.98 Å². The topological polar surface area (TPSA) is 76.9 Å². The molecule has 6 nitrogen and oxygen atoms in total. The second-order valence-corrected chi connectivity index (χ2v) is 6.99. The van der Waals surface area contributed by atoms with E-state index in [4.69, 9.17) is 0 Å². The van der Waals surface area contributed by atoms with Crippen LogP contribution in [-0.4, -0.2) is 23.2 Å². The smallest absolute Gasteiger partial charge is 0.244 e. The fraction of sp³-hybridized carbons (Fsp3) is 0.0769. The van der Waals surface area contributed by atoms with Crippen molar-refractivity contribution in [3.63, 3.8) is 0 Å². The lowest BCUT2D eigenvalue weighted by atomic mass is 10.3. The van der Waals surface area contributed by atoms with Crippen molar-refractivity contribution in [1.82, 2.24) is 19.5 Å². The van der Waals surface area contributed by atoms with E-state index in [2.05, 4.69) is 14.8 Å². The highest BCUT2D eigenvalue weighted by Gasteiger charge is 2.16. The molecule has 3 rings (SSSR count). The summed E-state index contributed by atoms with van der Waals surface area (Å²) in [5, 5.41) is 4.09. The minimum atomic E-state index is -3.58. The van der Waals surface area contributed by atoms with Crippen LogP contribution in [0, 0.1) is 0 Å². The van der Waals surface area contributed by atoms with E-state index in [1.807, 2.05) is 30.3 Å². The first-order valence-corrected chi connectivity index (χ1v) is 8.48. The average Bonchev–Trinajstić information content (AvgIpc) is 3.18. The van der Waals surface area contributed by atoms with E-state index < -0.39 is 10.0 Å². The van der Waals surface area contributed by atoms with Crippen LogP contribution in [0.4, 0.5) is 0 Å². The molecule has 0 fully saturated rings. The summed E-state index contributed by atoms with van der Waals surface area (Å²) < 4.78 is 28.4. The molecule has 0 saturated carbocycles. The molecule has 21 heavy (non-hydrogen) atoms. The van der Waals surface area contributed by atoms with Crippen molar-refractivity contribution in [2.75, 3.05) is 0 Å². The summed E-state index contributed by atoms with van der Waals surface area (Å²) >= 11 is 1.40. The summed E-state index contributed by atoms with van der Waals surface area (Å²) in [5.41, 5.74) is 2.47. The summed E-state index contributed by atoms with van der Waals surface area (Å²) in [7, 11) is -3.58. The van der Waals surface area contributed by atoms with Gasteiger partial charge in [-0.05, 0) is 12.1 Å². The third-order valence-electron chi connectivity index (χ3n) is 2.81. The van der Waals surface area contributed by atoms with Gasteiger partial charge in [0.1, 0.15) is 4.90 Å². The minimum absolute atomic E-state index is 0.135. The van der Waals surface area contributed by atoms with Crippen molar-refractivity contribution in [1.29, 1.82) is 0 Å². The van der Waals surface area contributed by atoms with E-state index in [1.165, 1.54) is 28.4 Å². The molecular formula is C13H12N4O2S2. The molecule has 0 radical (unpaired) electrons. The van der Waals surface area contributed by atoms with Crippen molar-refractivity contribution >= 4 is 21.4 Å². The van der Waals surface area contributed by atoms with Gasteiger partial charge < -0.3 is 0 Å². The molecule has 0 amide bonds. The minimum Gasteiger partial charge on any atom is -0.253 e. The molecule has 0 aliphatic carbocycles. The highest BCUT2D eigenvalue weighted by Crippen LogP contribution is 2.13. The Bertz CT molecular complexity index is 811. The number of nitrogens with zero attached hydrogens (tertiary/aromatic N) is 3. The number of sulfonamides is 1. The van der Waals surface area contributed by atoms with Crippen LogP contribution in [0.1, 0.15) is 4.88 Å². The second-order valence-electron chi connectivity index (χ2n) is 4.25. The Hall–Kier alpha value is -2.03. The number of nitrogens with one attached hydrogen (secondary N) is 1. The summed E-state index contributed by atoms with van der Waals surface area (Å²) in [6, 6.07) is 9.34. The third kappa shape index (κ3) is 3.18. The highest BCUT2D eigenvalue weighted by atomic mass is 32.2. The van der Waals surface area contributed by atoms with E-state index >= 15 is 0 Å². The Kier molecular flexibility index (Phi) is 3.82. The molecule has 8 heteroatoms. The fourth-order valence-electron chi connectivity index (χ4n) is 1.75. The van der Waals surface area contributed by atoms with Crippen molar-refractivity contribution in [3.8, 4) is 5.69 Å². The van der Waals surface area contributed by atoms with E-state index in [1.54, 1.807) is 11.7 Å². The van der Waals surface area contributed by atoms with Crippen molar-refractivity contribution in [3.05, 3.63) is 59.3 Å². The maximum Gasteiger partial charge on any atom is 0.244 e. The number of para-hydroxylation sites is 1. The van der Waals surface area contributed by atoms with Crippen molar-refractivity contribution in [2.24, 2.45) is 0 Å². The van der Waals surface area contributed by atoms with Gasteiger partial charge in [-0.15, -0.1) is 11.3 Å². The molecular weight excluding hydrogens is 308 g/mol. The van der Waals surface area contributed by atoms with Gasteiger partial charge in [0.05, 0.1) is 23.6 Å². The number of hydrogen-bond acceptors (Lipinski definition) is 5. The summed E-state index contributed by atoms with van der Waals surface area (Å²) in [5.74, 6) is 0. The Morgan fingerprint density at radius 3 is 2.71 bits per heavy atom. The first-order chi connectivity index (χ1) is 10.1. The van der Waals surface area contributed by atoms with E-state index in [0.717, 1.165) is 10.6 Å². The lowest BCUT2D eigenvalue weighted by Crippen LogP contribution is -2.22. The zero-order chi connectivity index (χ0) is 14.7. The summed E-state index contributed by atoms with van der Waals surface area (Å²) in [4.78, 5) is 4.90. The van der Waals surface area contributed by atoms with E-state index in [0.29, 0.717) is 0 Å². The van der Waals surface area contributed by atoms with Crippen LogP contribution in [0.5, 0.6) is 0 Å². The monoisotopic (exact) mass is 320 g/mol. The molecule has 0 bridgehead atoms. The standard InChI is InChI=1S/C13H12N4O2S2/c18-21(19,16-7-12-6-14-10-20-12)13-8-15-17(9-13)11-4-2-1-3-5-11/h1-6,8-10,16H,7H2. The molecule has 0 aliphatic heterocycles. The van der Waals surface area contributed by atoms with Crippen molar-refractivity contribution in [2.45, 2.75) is 11.4 Å². The summed E-state index contributed by atoms with van der Waals surface area (Å²) in [6.45, 7) is 0.226. The van der Waals surface area contributed by atoms with Gasteiger partial charge in [-0.1, -0.05) is 18.2 Å². The Morgan fingerprint density at radius 2 is 2.00 bits per heavy atom. The molecule has 0 spiro atoms. The lowest BCUT2D eigenvalue weighted by molar-refractivity contribution is 0.582. The maximum atomic E-state index is 12.2. The fourth-order valence-corrected chi connectivity index (χ4v) is 3.31. The van der Waals surface area contributed by atoms with Gasteiger partial charge in [-0.25, -0.2) is 17.8 Å². The molecule has 0 atom stereocenters. The number of benzene rings is 1. The SMILES string of the molecule is O=S(=O)(NCc1cncs1)c1cnn(-c2ccccc2)c1. The van der Waals surface area contributed by atoms with Crippen LogP contribution >= 0.6 is 11.3 Å². The van der Waals surface area contributed by atoms with Gasteiger partial charge in [-0.2, -0.15) is 5.10 Å². The molecule has 3 aromatic rings. The zero-order valence-electron chi connectivity index (χ0n) is 10.9. The molecule has 108 valence electrons. The predicted molar refractivity (Wildman–Crippen MR) is 79.7 cm³/mol. The first kappa shape index (κ1) is 13.9. The molecule has 0 aliphatic rings. The Morgan fingerprint density at radius 1 is 1.19 bits per heavy atom. The highest BCUT2D eigenvalue weighted by molar-refractivity contribution is 7.89. The zero-order valence-corrected chi connectivity index (χ0v) is 12.5. The van der Waals surface area contributed by atoms with E-state index in [-0.39, 0.29) is 11.4 Å². The number of thiazole rings is 1. The number of rotatable bonds is 5. The summed E-state index contributed by atoms with van der Waals surface area (Å²) in [6.07, 6.45) is 4.47. The van der Waals surface area contributed by atoms with Crippen molar-refractivity contribution < 1.29 is 8.42 Å². The van der Waals surface area contributed by atoms with Gasteiger partial charge in [0.25, 0.3) is 0 Å². The van der Waals surface area contributed by atoms with Gasteiger partial charge >= 0.3 is 0 Å². The molecule has 2 aromatic heterocycles. The maximum absolute atomic E-state index is 12.2. The van der Waals surface area contributed by atoms with Crippen LogP contribution < -0.4 is 4.72 Å². The molecule has 2 heterocycles. The number of hydrogen-bond donors (Lipinski definition) is 1. The Balaban J connectivity index is 1.78. The predicted octanol–water partition coefficient (Wildman–Crippen LogP) is 1.81.